The molecule has 4 rings (SSSR count). The fourth-order valence-electron chi connectivity index (χ4n) is 2.84. The molecule has 0 bridgehead atoms. The quantitative estimate of drug-likeness (QED) is 0.557. The van der Waals surface area contributed by atoms with Crippen LogP contribution in [0.1, 0.15) is 39.7 Å². The first kappa shape index (κ1) is 16.4. The molecule has 4 aromatic rings. The lowest BCUT2D eigenvalue weighted by Crippen LogP contribution is -2.10. The molecular weight excluding hydrogens is 352 g/mol. The van der Waals surface area contributed by atoms with Crippen molar-refractivity contribution >= 4 is 22.1 Å². The number of nitrogens with two attached hydrogens (primary N) is 1. The van der Waals surface area contributed by atoms with Crippen LogP contribution in [0.2, 0.25) is 0 Å². The van der Waals surface area contributed by atoms with Crippen molar-refractivity contribution < 1.29 is 9.90 Å². The standard InChI is InChI=1S/C17H16N6O2S/c1-2-13-15(22-9-19-7-14(22)26-13)16(24)12-8-23(21-20-12)11-5-3-10(4-6-11)17(18)25/h3-9,16,24H,2H2,1H3,(H2,18,25). The van der Waals surface area contributed by atoms with E-state index in [1.54, 1.807) is 59.0 Å². The normalized spacial score (nSPS) is 12.5. The molecule has 0 aliphatic carbocycles. The Balaban J connectivity index is 1.68. The van der Waals surface area contributed by atoms with E-state index < -0.39 is 12.0 Å². The zero-order valence-electron chi connectivity index (χ0n) is 13.9. The van der Waals surface area contributed by atoms with Crippen LogP contribution in [0.4, 0.5) is 0 Å². The number of fused-ring (bicyclic) bond motifs is 1. The summed E-state index contributed by atoms with van der Waals surface area (Å²) in [5.74, 6) is -0.486. The van der Waals surface area contributed by atoms with E-state index in [2.05, 4.69) is 15.3 Å². The number of imidazole rings is 1. The molecule has 8 nitrogen and oxygen atoms in total. The number of nitrogens with zero attached hydrogens (tertiary/aromatic N) is 5. The lowest BCUT2D eigenvalue weighted by atomic mass is 10.1. The van der Waals surface area contributed by atoms with Crippen LogP contribution in [0, 0.1) is 0 Å². The number of aromatic nitrogens is 5. The fourth-order valence-corrected chi connectivity index (χ4v) is 3.91. The summed E-state index contributed by atoms with van der Waals surface area (Å²) in [6, 6.07) is 6.69. The summed E-state index contributed by atoms with van der Waals surface area (Å²) in [5, 5.41) is 19.1. The van der Waals surface area contributed by atoms with Gasteiger partial charge in [0.2, 0.25) is 5.91 Å². The molecule has 3 aromatic heterocycles. The van der Waals surface area contributed by atoms with Gasteiger partial charge in [0.1, 0.15) is 23.0 Å². The smallest absolute Gasteiger partial charge is 0.248 e. The van der Waals surface area contributed by atoms with Crippen molar-refractivity contribution in [1.29, 1.82) is 0 Å². The lowest BCUT2D eigenvalue weighted by molar-refractivity contribution is 0.100. The monoisotopic (exact) mass is 368 g/mol. The van der Waals surface area contributed by atoms with E-state index in [1.165, 1.54) is 0 Å². The minimum Gasteiger partial charge on any atom is -0.380 e. The van der Waals surface area contributed by atoms with Crippen LogP contribution in [0.5, 0.6) is 0 Å². The van der Waals surface area contributed by atoms with Gasteiger partial charge in [-0.2, -0.15) is 0 Å². The van der Waals surface area contributed by atoms with Crippen LogP contribution < -0.4 is 5.73 Å². The third-order valence-corrected chi connectivity index (χ3v) is 5.42. The summed E-state index contributed by atoms with van der Waals surface area (Å²) >= 11 is 1.60. The van der Waals surface area contributed by atoms with Crippen LogP contribution in [-0.4, -0.2) is 35.4 Å². The third-order valence-electron chi connectivity index (χ3n) is 4.17. The predicted molar refractivity (Wildman–Crippen MR) is 96.4 cm³/mol. The molecule has 0 aliphatic rings. The zero-order chi connectivity index (χ0) is 18.3. The summed E-state index contributed by atoms with van der Waals surface area (Å²) in [6.45, 7) is 2.05. The van der Waals surface area contributed by atoms with Gasteiger partial charge in [-0.05, 0) is 30.7 Å². The number of aryl methyl sites for hydroxylation is 1. The third kappa shape index (κ3) is 2.67. The number of aliphatic hydroxyl groups is 1. The van der Waals surface area contributed by atoms with Crippen LogP contribution in [0.3, 0.4) is 0 Å². The molecular formula is C17H16N6O2S. The number of carbonyl (C=O) groups excluding carboxylic acids is 1. The van der Waals surface area contributed by atoms with Crippen molar-refractivity contribution in [1.82, 2.24) is 24.4 Å². The van der Waals surface area contributed by atoms with E-state index >= 15 is 0 Å². The Morgan fingerprint density at radius 3 is 2.81 bits per heavy atom. The van der Waals surface area contributed by atoms with Gasteiger partial charge in [0.25, 0.3) is 0 Å². The van der Waals surface area contributed by atoms with E-state index in [1.807, 2.05) is 11.3 Å². The minimum atomic E-state index is -0.911. The molecule has 1 aromatic carbocycles. The van der Waals surface area contributed by atoms with Gasteiger partial charge in [0.05, 0.1) is 23.8 Å². The number of benzene rings is 1. The second kappa shape index (κ2) is 6.36. The second-order valence-corrected chi connectivity index (χ2v) is 6.88. The van der Waals surface area contributed by atoms with Crippen LogP contribution in [0.15, 0.2) is 43.0 Å². The van der Waals surface area contributed by atoms with Gasteiger partial charge in [0, 0.05) is 10.4 Å². The molecule has 1 amide bonds. The zero-order valence-corrected chi connectivity index (χ0v) is 14.7. The Morgan fingerprint density at radius 2 is 2.12 bits per heavy atom. The van der Waals surface area contributed by atoms with E-state index in [0.29, 0.717) is 11.3 Å². The highest BCUT2D eigenvalue weighted by atomic mass is 32.1. The number of hydrogen-bond acceptors (Lipinski definition) is 6. The Morgan fingerprint density at radius 1 is 1.35 bits per heavy atom. The average Bonchev–Trinajstić information content (AvgIpc) is 3.36. The van der Waals surface area contributed by atoms with E-state index in [-0.39, 0.29) is 0 Å². The maximum absolute atomic E-state index is 11.2. The van der Waals surface area contributed by atoms with Gasteiger partial charge < -0.3 is 10.8 Å². The van der Waals surface area contributed by atoms with Crippen LogP contribution in [0.25, 0.3) is 10.5 Å². The van der Waals surface area contributed by atoms with Crippen molar-refractivity contribution in [2.45, 2.75) is 19.4 Å². The first-order valence-electron chi connectivity index (χ1n) is 8.02. The average molecular weight is 368 g/mol. The SMILES string of the molecule is CCc1sc2cncn2c1C(O)c1cn(-c2ccc(C(N)=O)cc2)nn1. The maximum Gasteiger partial charge on any atom is 0.248 e. The van der Waals surface area contributed by atoms with Crippen molar-refractivity contribution in [3.05, 3.63) is 64.8 Å². The molecule has 3 heterocycles. The van der Waals surface area contributed by atoms with Gasteiger partial charge in [-0.1, -0.05) is 12.1 Å². The number of thiazole rings is 1. The number of rotatable bonds is 5. The predicted octanol–water partition coefficient (Wildman–Crippen LogP) is 1.72. The Bertz CT molecular complexity index is 1080. The van der Waals surface area contributed by atoms with E-state index in [9.17, 15) is 9.90 Å². The minimum absolute atomic E-state index is 0.419. The highest BCUT2D eigenvalue weighted by Gasteiger charge is 2.23. The summed E-state index contributed by atoms with van der Waals surface area (Å²) in [6.07, 6.45) is 5.03. The molecule has 0 spiro atoms. The van der Waals surface area contributed by atoms with Crippen molar-refractivity contribution in [2.24, 2.45) is 5.73 Å². The molecule has 0 saturated carbocycles. The summed E-state index contributed by atoms with van der Waals surface area (Å²) in [4.78, 5) is 17.4. The first-order valence-corrected chi connectivity index (χ1v) is 8.84. The molecule has 26 heavy (non-hydrogen) atoms. The molecule has 0 radical (unpaired) electrons. The van der Waals surface area contributed by atoms with Gasteiger partial charge in [-0.3, -0.25) is 9.20 Å². The highest BCUT2D eigenvalue weighted by Crippen LogP contribution is 2.31. The molecule has 0 aliphatic heterocycles. The fraction of sp³-hybridized carbons (Fsp3) is 0.176. The summed E-state index contributed by atoms with van der Waals surface area (Å²) in [7, 11) is 0. The van der Waals surface area contributed by atoms with Gasteiger partial charge in [-0.15, -0.1) is 16.4 Å². The number of carbonyl (C=O) groups is 1. The Hall–Kier alpha value is -3.04. The van der Waals surface area contributed by atoms with Crippen LogP contribution in [-0.2, 0) is 6.42 Å². The summed E-state index contributed by atoms with van der Waals surface area (Å²) < 4.78 is 3.43. The van der Waals surface area contributed by atoms with E-state index in [0.717, 1.165) is 27.5 Å². The Labute approximate surface area is 152 Å². The molecule has 1 atom stereocenters. The first-order chi connectivity index (χ1) is 12.6. The van der Waals surface area contributed by atoms with Gasteiger partial charge in [-0.25, -0.2) is 9.67 Å². The summed E-state index contributed by atoms with van der Waals surface area (Å²) in [5.41, 5.74) is 7.59. The van der Waals surface area contributed by atoms with E-state index in [4.69, 9.17) is 5.73 Å². The molecule has 0 saturated heterocycles. The highest BCUT2D eigenvalue weighted by molar-refractivity contribution is 7.17. The second-order valence-electron chi connectivity index (χ2n) is 5.77. The van der Waals surface area contributed by atoms with Crippen molar-refractivity contribution in [3.8, 4) is 5.69 Å². The van der Waals surface area contributed by atoms with Crippen molar-refractivity contribution in [3.63, 3.8) is 0 Å². The number of amides is 1. The lowest BCUT2D eigenvalue weighted by Gasteiger charge is -2.08. The van der Waals surface area contributed by atoms with Crippen molar-refractivity contribution in [2.75, 3.05) is 0 Å². The number of hydrogen-bond donors (Lipinski definition) is 2. The molecule has 9 heteroatoms. The van der Waals surface area contributed by atoms with Gasteiger partial charge in [0.15, 0.2) is 0 Å². The molecule has 132 valence electrons. The molecule has 0 fully saturated rings. The topological polar surface area (TPSA) is 111 Å². The molecule has 1 unspecified atom stereocenters. The molecule has 3 N–H and O–H groups in total. The number of aliphatic hydroxyl groups excluding tert-OH is 1. The Kier molecular flexibility index (Phi) is 4.02. The van der Waals surface area contributed by atoms with Crippen LogP contribution >= 0.6 is 11.3 Å². The van der Waals surface area contributed by atoms with Gasteiger partial charge >= 0.3 is 0 Å². The largest absolute Gasteiger partial charge is 0.380 e. The maximum atomic E-state index is 11.2. The number of primary amides is 1.